The Kier molecular flexibility index (Phi) is 3.64. The summed E-state index contributed by atoms with van der Waals surface area (Å²) >= 11 is 0. The van der Waals surface area contributed by atoms with Gasteiger partial charge in [-0.2, -0.15) is 0 Å². The van der Waals surface area contributed by atoms with Crippen molar-refractivity contribution < 1.29 is 14.3 Å². The molecule has 2 aromatic carbocycles. The lowest BCUT2D eigenvalue weighted by Gasteiger charge is -2.26. The van der Waals surface area contributed by atoms with Crippen LogP contribution < -0.4 is 14.8 Å². The van der Waals surface area contributed by atoms with Gasteiger partial charge < -0.3 is 19.8 Å². The smallest absolute Gasteiger partial charge is 0.251 e. The fourth-order valence-corrected chi connectivity index (χ4v) is 3.22. The number of aromatic nitrogens is 1. The number of nitrogens with one attached hydrogen (secondary N) is 2. The average molecular weight is 336 g/mol. The van der Waals surface area contributed by atoms with Crippen molar-refractivity contribution in [3.8, 4) is 11.5 Å². The van der Waals surface area contributed by atoms with Gasteiger partial charge in [-0.3, -0.25) is 4.79 Å². The number of carbonyl (C=O) groups is 1. The molecule has 1 aliphatic rings. The highest BCUT2D eigenvalue weighted by atomic mass is 16.7. The topological polar surface area (TPSA) is 63.4 Å². The molecule has 128 valence electrons. The van der Waals surface area contributed by atoms with Crippen molar-refractivity contribution in [3.63, 3.8) is 0 Å². The molecule has 2 N–H and O–H groups in total. The summed E-state index contributed by atoms with van der Waals surface area (Å²) in [5, 5.41) is 4.31. The summed E-state index contributed by atoms with van der Waals surface area (Å²) in [4.78, 5) is 15.9. The van der Waals surface area contributed by atoms with E-state index in [4.69, 9.17) is 9.47 Å². The molecule has 1 aliphatic heterocycles. The standard InChI is InChI=1S/C20H20N2O3/c1-20(2,10-14-11-21-16-6-4-3-5-15(14)16)22-19(23)13-7-8-17-18(9-13)25-12-24-17/h3-9,11,21H,10,12H2,1-2H3,(H,22,23). The number of H-pyrrole nitrogens is 1. The van der Waals surface area contributed by atoms with Crippen LogP contribution in [-0.4, -0.2) is 23.2 Å². The van der Waals surface area contributed by atoms with Gasteiger partial charge in [0.25, 0.3) is 5.91 Å². The Bertz CT molecular complexity index is 943. The van der Waals surface area contributed by atoms with Crippen LogP contribution in [-0.2, 0) is 6.42 Å². The Balaban J connectivity index is 1.51. The average Bonchev–Trinajstić information content (AvgIpc) is 3.20. The van der Waals surface area contributed by atoms with Crippen LogP contribution in [0.1, 0.15) is 29.8 Å². The fraction of sp³-hybridized carbons (Fsp3) is 0.250. The Morgan fingerprint density at radius 2 is 1.96 bits per heavy atom. The summed E-state index contributed by atoms with van der Waals surface area (Å²) in [6.07, 6.45) is 2.74. The number of ether oxygens (including phenoxy) is 2. The molecule has 0 unspecified atom stereocenters. The van der Waals surface area contributed by atoms with E-state index in [2.05, 4.69) is 22.4 Å². The summed E-state index contributed by atoms with van der Waals surface area (Å²) in [5.41, 5.74) is 2.47. The molecule has 0 aliphatic carbocycles. The van der Waals surface area contributed by atoms with E-state index in [9.17, 15) is 4.79 Å². The van der Waals surface area contributed by atoms with Crippen LogP contribution >= 0.6 is 0 Å². The lowest BCUT2D eigenvalue weighted by Crippen LogP contribution is -2.45. The quantitative estimate of drug-likeness (QED) is 0.764. The molecular formula is C20H20N2O3. The first-order chi connectivity index (χ1) is 12.0. The molecule has 5 nitrogen and oxygen atoms in total. The van der Waals surface area contributed by atoms with Crippen LogP contribution in [0.15, 0.2) is 48.7 Å². The maximum Gasteiger partial charge on any atom is 0.251 e. The largest absolute Gasteiger partial charge is 0.454 e. The van der Waals surface area contributed by atoms with Crippen molar-refractivity contribution in [2.24, 2.45) is 0 Å². The first-order valence-corrected chi connectivity index (χ1v) is 8.29. The lowest BCUT2D eigenvalue weighted by atomic mass is 9.94. The monoisotopic (exact) mass is 336 g/mol. The van der Waals surface area contributed by atoms with Crippen LogP contribution in [0.3, 0.4) is 0 Å². The molecule has 0 fully saturated rings. The van der Waals surface area contributed by atoms with Crippen LogP contribution in [0, 0.1) is 0 Å². The second-order valence-electron chi connectivity index (χ2n) is 6.94. The summed E-state index contributed by atoms with van der Waals surface area (Å²) in [6, 6.07) is 13.4. The van der Waals surface area contributed by atoms with Crippen molar-refractivity contribution in [1.82, 2.24) is 10.3 Å². The molecule has 0 bridgehead atoms. The van der Waals surface area contributed by atoms with Crippen molar-refractivity contribution in [1.29, 1.82) is 0 Å². The van der Waals surface area contributed by atoms with Gasteiger partial charge in [0.2, 0.25) is 6.79 Å². The second kappa shape index (κ2) is 5.84. The molecule has 5 heteroatoms. The Morgan fingerprint density at radius 1 is 1.16 bits per heavy atom. The minimum atomic E-state index is -0.390. The minimum absolute atomic E-state index is 0.122. The van der Waals surface area contributed by atoms with E-state index < -0.39 is 5.54 Å². The van der Waals surface area contributed by atoms with Gasteiger partial charge in [-0.1, -0.05) is 18.2 Å². The number of benzene rings is 2. The highest BCUT2D eigenvalue weighted by Crippen LogP contribution is 2.32. The van der Waals surface area contributed by atoms with Gasteiger partial charge >= 0.3 is 0 Å². The maximum absolute atomic E-state index is 12.6. The molecule has 25 heavy (non-hydrogen) atoms. The molecule has 1 aromatic heterocycles. The van der Waals surface area contributed by atoms with Crippen molar-refractivity contribution in [2.75, 3.05) is 6.79 Å². The van der Waals surface area contributed by atoms with Crippen LogP contribution in [0.4, 0.5) is 0 Å². The number of para-hydroxylation sites is 1. The van der Waals surface area contributed by atoms with E-state index in [-0.39, 0.29) is 12.7 Å². The highest BCUT2D eigenvalue weighted by molar-refractivity contribution is 5.95. The molecule has 2 heterocycles. The molecule has 0 saturated heterocycles. The van der Waals surface area contributed by atoms with Gasteiger partial charge in [-0.15, -0.1) is 0 Å². The summed E-state index contributed by atoms with van der Waals surface area (Å²) in [7, 11) is 0. The number of hydrogen-bond acceptors (Lipinski definition) is 3. The number of amides is 1. The molecule has 4 rings (SSSR count). The van der Waals surface area contributed by atoms with Crippen LogP contribution in [0.2, 0.25) is 0 Å². The third-order valence-corrected chi connectivity index (χ3v) is 4.39. The van der Waals surface area contributed by atoms with E-state index >= 15 is 0 Å². The Morgan fingerprint density at radius 3 is 2.84 bits per heavy atom. The third-order valence-electron chi connectivity index (χ3n) is 4.39. The van der Waals surface area contributed by atoms with Gasteiger partial charge in [0.05, 0.1) is 0 Å². The molecule has 0 atom stereocenters. The molecule has 1 amide bonds. The van der Waals surface area contributed by atoms with Crippen LogP contribution in [0.5, 0.6) is 11.5 Å². The SMILES string of the molecule is CC(C)(Cc1c[nH]c2ccccc12)NC(=O)c1ccc2c(c1)OCO2. The number of rotatable bonds is 4. The molecule has 0 saturated carbocycles. The molecule has 3 aromatic rings. The van der Waals surface area contributed by atoms with Crippen molar-refractivity contribution in [3.05, 3.63) is 59.8 Å². The zero-order valence-corrected chi connectivity index (χ0v) is 14.3. The van der Waals surface area contributed by atoms with Gasteiger partial charge in [0.1, 0.15) is 0 Å². The van der Waals surface area contributed by atoms with Crippen LogP contribution in [0.25, 0.3) is 10.9 Å². The van der Waals surface area contributed by atoms with E-state index in [1.807, 2.05) is 32.2 Å². The summed E-state index contributed by atoms with van der Waals surface area (Å²) in [6.45, 7) is 4.26. The first kappa shape index (κ1) is 15.6. The number of fused-ring (bicyclic) bond motifs is 2. The van der Waals surface area contributed by atoms with E-state index in [0.29, 0.717) is 17.1 Å². The lowest BCUT2D eigenvalue weighted by molar-refractivity contribution is 0.0912. The third kappa shape index (κ3) is 3.05. The maximum atomic E-state index is 12.6. The van der Waals surface area contributed by atoms with E-state index in [0.717, 1.165) is 11.9 Å². The first-order valence-electron chi connectivity index (χ1n) is 8.29. The zero-order valence-electron chi connectivity index (χ0n) is 14.3. The summed E-state index contributed by atoms with van der Waals surface area (Å²) in [5.74, 6) is 1.17. The zero-order chi connectivity index (χ0) is 17.4. The highest BCUT2D eigenvalue weighted by Gasteiger charge is 2.24. The predicted molar refractivity (Wildman–Crippen MR) is 96.1 cm³/mol. The van der Waals surface area contributed by atoms with Gasteiger partial charge in [0, 0.05) is 28.2 Å². The second-order valence-corrected chi connectivity index (χ2v) is 6.94. The molecule has 0 radical (unpaired) electrons. The van der Waals surface area contributed by atoms with Gasteiger partial charge in [-0.05, 0) is 50.1 Å². The van der Waals surface area contributed by atoms with Crippen molar-refractivity contribution in [2.45, 2.75) is 25.8 Å². The number of aromatic amines is 1. The van der Waals surface area contributed by atoms with Crippen molar-refractivity contribution >= 4 is 16.8 Å². The molecule has 0 spiro atoms. The number of carbonyl (C=O) groups excluding carboxylic acids is 1. The van der Waals surface area contributed by atoms with Gasteiger partial charge in [-0.25, -0.2) is 0 Å². The fourth-order valence-electron chi connectivity index (χ4n) is 3.22. The molecular weight excluding hydrogens is 316 g/mol. The summed E-state index contributed by atoms with van der Waals surface area (Å²) < 4.78 is 10.6. The van der Waals surface area contributed by atoms with E-state index in [1.54, 1.807) is 18.2 Å². The Hall–Kier alpha value is -2.95. The minimum Gasteiger partial charge on any atom is -0.454 e. The Labute approximate surface area is 146 Å². The predicted octanol–water partition coefficient (Wildman–Crippen LogP) is 3.65. The van der Waals surface area contributed by atoms with Gasteiger partial charge in [0.15, 0.2) is 11.5 Å². The number of hydrogen-bond donors (Lipinski definition) is 2. The normalized spacial score (nSPS) is 13.2. The van der Waals surface area contributed by atoms with E-state index in [1.165, 1.54) is 10.9 Å².